The molecule has 0 aliphatic carbocycles. The molecule has 74 valence electrons. The standard InChI is InChI=1S/C9H16ClN3/c1-5-6(2)7(3)13-8(4)11-12-9(13)10/h6-7H,5H2,1-4H3. The summed E-state index contributed by atoms with van der Waals surface area (Å²) in [6.07, 6.45) is 1.13. The topological polar surface area (TPSA) is 30.7 Å². The van der Waals surface area contributed by atoms with Gasteiger partial charge in [-0.3, -0.25) is 4.57 Å². The fourth-order valence-corrected chi connectivity index (χ4v) is 1.72. The molecule has 1 rings (SSSR count). The van der Waals surface area contributed by atoms with Crippen molar-refractivity contribution in [2.75, 3.05) is 0 Å². The van der Waals surface area contributed by atoms with E-state index in [2.05, 4.69) is 31.0 Å². The SMILES string of the molecule is CCC(C)C(C)n1c(C)nnc1Cl. The second-order valence-corrected chi connectivity index (χ2v) is 3.85. The minimum atomic E-state index is 0.368. The van der Waals surface area contributed by atoms with E-state index in [1.165, 1.54) is 0 Å². The summed E-state index contributed by atoms with van der Waals surface area (Å²) in [6.45, 7) is 8.46. The van der Waals surface area contributed by atoms with Gasteiger partial charge in [0.2, 0.25) is 5.28 Å². The quantitative estimate of drug-likeness (QED) is 0.753. The van der Waals surface area contributed by atoms with Gasteiger partial charge in [-0.2, -0.15) is 0 Å². The maximum Gasteiger partial charge on any atom is 0.225 e. The third-order valence-corrected chi connectivity index (χ3v) is 2.96. The first-order valence-electron chi connectivity index (χ1n) is 4.64. The predicted octanol–water partition coefficient (Wildman–Crippen LogP) is 2.85. The maximum absolute atomic E-state index is 5.93. The summed E-state index contributed by atoms with van der Waals surface area (Å²) < 4.78 is 1.98. The van der Waals surface area contributed by atoms with Gasteiger partial charge in [0.05, 0.1) is 0 Å². The summed E-state index contributed by atoms with van der Waals surface area (Å²) >= 11 is 5.93. The molecule has 0 spiro atoms. The highest BCUT2D eigenvalue weighted by atomic mass is 35.5. The fraction of sp³-hybridized carbons (Fsp3) is 0.778. The molecule has 0 N–H and O–H groups in total. The van der Waals surface area contributed by atoms with Crippen LogP contribution in [0.3, 0.4) is 0 Å². The lowest BCUT2D eigenvalue weighted by atomic mass is 10.0. The van der Waals surface area contributed by atoms with Crippen LogP contribution in [0.15, 0.2) is 0 Å². The highest BCUT2D eigenvalue weighted by Crippen LogP contribution is 2.24. The number of nitrogens with zero attached hydrogens (tertiary/aromatic N) is 3. The molecule has 2 atom stereocenters. The van der Waals surface area contributed by atoms with Crippen LogP contribution in [0.25, 0.3) is 0 Å². The monoisotopic (exact) mass is 201 g/mol. The average Bonchev–Trinajstić information content (AvgIpc) is 2.44. The van der Waals surface area contributed by atoms with Crippen LogP contribution < -0.4 is 0 Å². The number of aryl methyl sites for hydroxylation is 1. The Balaban J connectivity index is 2.93. The Labute approximate surface area is 84.1 Å². The van der Waals surface area contributed by atoms with Crippen molar-refractivity contribution in [1.82, 2.24) is 14.8 Å². The molecule has 2 unspecified atom stereocenters. The first-order chi connectivity index (χ1) is 6.07. The molecule has 0 aliphatic rings. The average molecular weight is 202 g/mol. The van der Waals surface area contributed by atoms with Crippen molar-refractivity contribution in [3.05, 3.63) is 11.1 Å². The Morgan fingerprint density at radius 1 is 1.38 bits per heavy atom. The van der Waals surface area contributed by atoms with Gasteiger partial charge in [-0.15, -0.1) is 10.2 Å². The summed E-state index contributed by atoms with van der Waals surface area (Å²) in [6, 6.07) is 0.368. The van der Waals surface area contributed by atoms with E-state index in [1.54, 1.807) is 0 Å². The Morgan fingerprint density at radius 2 is 2.00 bits per heavy atom. The van der Waals surface area contributed by atoms with E-state index >= 15 is 0 Å². The minimum absolute atomic E-state index is 0.368. The van der Waals surface area contributed by atoms with Crippen molar-refractivity contribution in [1.29, 1.82) is 0 Å². The van der Waals surface area contributed by atoms with Crippen LogP contribution >= 0.6 is 11.6 Å². The van der Waals surface area contributed by atoms with Crippen molar-refractivity contribution in [3.63, 3.8) is 0 Å². The lowest BCUT2D eigenvalue weighted by Gasteiger charge is -2.21. The van der Waals surface area contributed by atoms with Crippen molar-refractivity contribution < 1.29 is 0 Å². The van der Waals surface area contributed by atoms with E-state index in [4.69, 9.17) is 11.6 Å². The van der Waals surface area contributed by atoms with Gasteiger partial charge < -0.3 is 0 Å². The van der Waals surface area contributed by atoms with Crippen LogP contribution in [0, 0.1) is 12.8 Å². The molecule has 0 saturated carbocycles. The lowest BCUT2D eigenvalue weighted by molar-refractivity contribution is 0.364. The molecular weight excluding hydrogens is 186 g/mol. The predicted molar refractivity (Wildman–Crippen MR) is 53.9 cm³/mol. The van der Waals surface area contributed by atoms with E-state index in [0.717, 1.165) is 12.2 Å². The van der Waals surface area contributed by atoms with E-state index in [1.807, 2.05) is 11.5 Å². The normalized spacial score (nSPS) is 15.8. The van der Waals surface area contributed by atoms with Crippen LogP contribution in [-0.4, -0.2) is 14.8 Å². The van der Waals surface area contributed by atoms with E-state index in [0.29, 0.717) is 17.2 Å². The molecule has 1 aromatic rings. The molecular formula is C9H16ClN3. The van der Waals surface area contributed by atoms with E-state index in [-0.39, 0.29) is 0 Å². The Morgan fingerprint density at radius 3 is 2.38 bits per heavy atom. The molecule has 1 aromatic heterocycles. The molecule has 1 heterocycles. The molecule has 13 heavy (non-hydrogen) atoms. The van der Waals surface area contributed by atoms with Gasteiger partial charge in [0.1, 0.15) is 5.82 Å². The Kier molecular flexibility index (Phi) is 3.31. The fourth-order valence-electron chi connectivity index (χ4n) is 1.40. The second kappa shape index (κ2) is 4.09. The molecule has 0 aliphatic heterocycles. The first-order valence-corrected chi connectivity index (χ1v) is 5.02. The van der Waals surface area contributed by atoms with E-state index < -0.39 is 0 Å². The van der Waals surface area contributed by atoms with Crippen molar-refractivity contribution in [2.45, 2.75) is 40.2 Å². The zero-order chi connectivity index (χ0) is 10.0. The van der Waals surface area contributed by atoms with Crippen molar-refractivity contribution in [3.8, 4) is 0 Å². The highest BCUT2D eigenvalue weighted by molar-refractivity contribution is 6.28. The van der Waals surface area contributed by atoms with Gasteiger partial charge in [0.15, 0.2) is 0 Å². The highest BCUT2D eigenvalue weighted by Gasteiger charge is 2.17. The molecule has 4 heteroatoms. The molecule has 0 fully saturated rings. The largest absolute Gasteiger partial charge is 0.299 e. The molecule has 0 saturated heterocycles. The van der Waals surface area contributed by atoms with Crippen LogP contribution in [0.1, 0.15) is 39.1 Å². The van der Waals surface area contributed by atoms with Crippen LogP contribution in [0.4, 0.5) is 0 Å². The number of halogens is 1. The molecule has 3 nitrogen and oxygen atoms in total. The van der Waals surface area contributed by atoms with Gasteiger partial charge in [-0.1, -0.05) is 20.3 Å². The zero-order valence-corrected chi connectivity index (χ0v) is 9.34. The summed E-state index contributed by atoms with van der Waals surface area (Å²) in [5.74, 6) is 1.48. The third kappa shape index (κ3) is 2.02. The number of aromatic nitrogens is 3. The number of rotatable bonds is 3. The van der Waals surface area contributed by atoms with Crippen molar-refractivity contribution >= 4 is 11.6 Å². The lowest BCUT2D eigenvalue weighted by Crippen LogP contribution is -2.14. The summed E-state index contributed by atoms with van der Waals surface area (Å²) in [5, 5.41) is 8.26. The molecule has 0 radical (unpaired) electrons. The van der Waals surface area contributed by atoms with Crippen LogP contribution in [-0.2, 0) is 0 Å². The van der Waals surface area contributed by atoms with Crippen LogP contribution in [0.5, 0.6) is 0 Å². The van der Waals surface area contributed by atoms with Gasteiger partial charge in [-0.05, 0) is 31.4 Å². The van der Waals surface area contributed by atoms with Gasteiger partial charge in [0.25, 0.3) is 0 Å². The van der Waals surface area contributed by atoms with Gasteiger partial charge >= 0.3 is 0 Å². The smallest absolute Gasteiger partial charge is 0.225 e. The van der Waals surface area contributed by atoms with E-state index in [9.17, 15) is 0 Å². The zero-order valence-electron chi connectivity index (χ0n) is 8.58. The minimum Gasteiger partial charge on any atom is -0.299 e. The Bertz CT molecular complexity index is 263. The molecule has 0 bridgehead atoms. The first kappa shape index (κ1) is 10.5. The summed E-state index contributed by atoms with van der Waals surface area (Å²) in [7, 11) is 0. The Hall–Kier alpha value is -0.570. The molecule has 0 aromatic carbocycles. The van der Waals surface area contributed by atoms with Crippen LogP contribution in [0.2, 0.25) is 5.28 Å². The number of hydrogen-bond acceptors (Lipinski definition) is 2. The summed E-state index contributed by atoms with van der Waals surface area (Å²) in [4.78, 5) is 0. The maximum atomic E-state index is 5.93. The van der Waals surface area contributed by atoms with Gasteiger partial charge in [0, 0.05) is 6.04 Å². The van der Waals surface area contributed by atoms with Gasteiger partial charge in [-0.25, -0.2) is 0 Å². The summed E-state index contributed by atoms with van der Waals surface area (Å²) in [5.41, 5.74) is 0. The molecule has 0 amide bonds. The second-order valence-electron chi connectivity index (χ2n) is 3.51. The number of hydrogen-bond donors (Lipinski definition) is 0. The third-order valence-electron chi connectivity index (χ3n) is 2.70. The van der Waals surface area contributed by atoms with Crippen molar-refractivity contribution in [2.24, 2.45) is 5.92 Å².